The molecule has 2 fully saturated rings. The SMILES string of the molecule is CN(c1cc(OCC2CC2c2ccccc2)cc(C(=O)NC2CCN[C@H]2Cc2ccccc2)c1)S(C)(=O)=O. The van der Waals surface area contributed by atoms with Crippen molar-refractivity contribution in [3.8, 4) is 5.75 Å². The maximum atomic E-state index is 13.4. The van der Waals surface area contributed by atoms with E-state index < -0.39 is 10.0 Å². The summed E-state index contributed by atoms with van der Waals surface area (Å²) in [6.45, 7) is 1.34. The number of hydrogen-bond acceptors (Lipinski definition) is 5. The Balaban J connectivity index is 1.30. The second-order valence-electron chi connectivity index (χ2n) is 10.4. The number of hydrogen-bond donors (Lipinski definition) is 2. The normalized spacial score (nSPS) is 22.6. The lowest BCUT2D eigenvalue weighted by Crippen LogP contribution is -2.44. The van der Waals surface area contributed by atoms with Gasteiger partial charge in [0, 0.05) is 36.7 Å². The van der Waals surface area contributed by atoms with Crippen molar-refractivity contribution < 1.29 is 17.9 Å². The van der Waals surface area contributed by atoms with E-state index in [1.807, 2.05) is 36.4 Å². The largest absolute Gasteiger partial charge is 0.493 e. The molecule has 200 valence electrons. The fraction of sp³-hybridized carbons (Fsp3) is 0.367. The van der Waals surface area contributed by atoms with E-state index in [-0.39, 0.29) is 18.0 Å². The highest BCUT2D eigenvalue weighted by molar-refractivity contribution is 7.92. The van der Waals surface area contributed by atoms with Crippen molar-refractivity contribution in [1.82, 2.24) is 10.6 Å². The Labute approximate surface area is 225 Å². The molecule has 3 aromatic rings. The minimum atomic E-state index is -3.51. The molecule has 0 radical (unpaired) electrons. The Hall–Kier alpha value is -3.36. The molecule has 1 amide bonds. The summed E-state index contributed by atoms with van der Waals surface area (Å²) in [4.78, 5) is 13.4. The molecule has 1 saturated carbocycles. The number of anilines is 1. The third-order valence-corrected chi connectivity index (χ3v) is 8.80. The lowest BCUT2D eigenvalue weighted by atomic mass is 10.0. The van der Waals surface area contributed by atoms with Crippen LogP contribution >= 0.6 is 0 Å². The maximum Gasteiger partial charge on any atom is 0.251 e. The summed E-state index contributed by atoms with van der Waals surface area (Å²) >= 11 is 0. The van der Waals surface area contributed by atoms with Crippen LogP contribution in [0.3, 0.4) is 0 Å². The van der Waals surface area contributed by atoms with E-state index in [4.69, 9.17) is 4.74 Å². The average Bonchev–Trinajstić information content (AvgIpc) is 3.58. The monoisotopic (exact) mass is 533 g/mol. The maximum absolute atomic E-state index is 13.4. The molecule has 38 heavy (non-hydrogen) atoms. The van der Waals surface area contributed by atoms with Gasteiger partial charge in [0.05, 0.1) is 18.6 Å². The summed E-state index contributed by atoms with van der Waals surface area (Å²) in [6.07, 6.45) is 3.85. The van der Waals surface area contributed by atoms with Crippen LogP contribution in [0.4, 0.5) is 5.69 Å². The van der Waals surface area contributed by atoms with Crippen LogP contribution < -0.4 is 19.7 Å². The first kappa shape index (κ1) is 26.3. The molecule has 7 nitrogen and oxygen atoms in total. The third kappa shape index (κ3) is 6.37. The summed E-state index contributed by atoms with van der Waals surface area (Å²) in [6, 6.07) is 25.7. The van der Waals surface area contributed by atoms with Crippen molar-refractivity contribution >= 4 is 21.6 Å². The molecule has 0 bridgehead atoms. The fourth-order valence-electron chi connectivity index (χ4n) is 5.19. The lowest BCUT2D eigenvalue weighted by Gasteiger charge is -2.22. The number of sulfonamides is 1. The Morgan fingerprint density at radius 1 is 1.05 bits per heavy atom. The summed E-state index contributed by atoms with van der Waals surface area (Å²) in [7, 11) is -2.02. The van der Waals surface area contributed by atoms with Crippen LogP contribution in [0.2, 0.25) is 0 Å². The van der Waals surface area contributed by atoms with Gasteiger partial charge in [-0.05, 0) is 55.0 Å². The predicted molar refractivity (Wildman–Crippen MR) is 150 cm³/mol. The van der Waals surface area contributed by atoms with Gasteiger partial charge < -0.3 is 15.4 Å². The molecule has 3 unspecified atom stereocenters. The molecule has 1 aliphatic heterocycles. The van der Waals surface area contributed by atoms with Crippen molar-refractivity contribution in [3.05, 3.63) is 95.6 Å². The van der Waals surface area contributed by atoms with Gasteiger partial charge in [-0.15, -0.1) is 0 Å². The second-order valence-corrected chi connectivity index (χ2v) is 12.4. The van der Waals surface area contributed by atoms with E-state index in [0.29, 0.717) is 35.4 Å². The van der Waals surface area contributed by atoms with Crippen LogP contribution in [0.15, 0.2) is 78.9 Å². The van der Waals surface area contributed by atoms with Crippen LogP contribution in [0.1, 0.15) is 40.2 Å². The number of ether oxygens (including phenoxy) is 1. The zero-order valence-corrected chi connectivity index (χ0v) is 22.7. The minimum absolute atomic E-state index is 0.0264. The standard InChI is InChI=1S/C30H35N3O4S/c1-33(38(2,35)36)25-16-23(17-26(19-25)37-20-24-18-27(24)22-11-7-4-8-12-22)30(34)32-28-13-14-31-29(28)15-21-9-5-3-6-10-21/h3-12,16-17,19,24,27-29,31H,13-15,18,20H2,1-2H3,(H,32,34)/t24?,27?,28?,29-/m0/s1. The second kappa shape index (κ2) is 11.2. The van der Waals surface area contributed by atoms with Crippen LogP contribution in [0.5, 0.6) is 5.75 Å². The van der Waals surface area contributed by atoms with E-state index in [0.717, 1.165) is 32.1 Å². The van der Waals surface area contributed by atoms with Crippen molar-refractivity contribution in [2.24, 2.45) is 5.92 Å². The van der Waals surface area contributed by atoms with Gasteiger partial charge in [-0.2, -0.15) is 0 Å². The average molecular weight is 534 g/mol. The Morgan fingerprint density at radius 3 is 2.47 bits per heavy atom. The summed E-state index contributed by atoms with van der Waals surface area (Å²) in [5.74, 6) is 1.12. The molecular weight excluding hydrogens is 498 g/mol. The topological polar surface area (TPSA) is 87.7 Å². The van der Waals surface area contributed by atoms with Crippen molar-refractivity contribution in [2.45, 2.75) is 37.3 Å². The molecular formula is C30H35N3O4S. The first-order valence-electron chi connectivity index (χ1n) is 13.1. The highest BCUT2D eigenvalue weighted by Gasteiger charge is 2.38. The Morgan fingerprint density at radius 2 is 1.76 bits per heavy atom. The van der Waals surface area contributed by atoms with Crippen molar-refractivity contribution in [1.29, 1.82) is 0 Å². The van der Waals surface area contributed by atoms with Gasteiger partial charge >= 0.3 is 0 Å². The van der Waals surface area contributed by atoms with E-state index in [9.17, 15) is 13.2 Å². The minimum Gasteiger partial charge on any atom is -0.493 e. The van der Waals surface area contributed by atoms with Crippen LogP contribution in [-0.2, 0) is 16.4 Å². The summed E-state index contributed by atoms with van der Waals surface area (Å²) in [5, 5.41) is 6.68. The smallest absolute Gasteiger partial charge is 0.251 e. The lowest BCUT2D eigenvalue weighted by molar-refractivity contribution is 0.0933. The number of carbonyl (C=O) groups excluding carboxylic acids is 1. The number of nitrogens with one attached hydrogen (secondary N) is 2. The molecule has 8 heteroatoms. The molecule has 1 aliphatic carbocycles. The quantitative estimate of drug-likeness (QED) is 0.412. The molecule has 1 heterocycles. The molecule has 3 aromatic carbocycles. The summed E-state index contributed by atoms with van der Waals surface area (Å²) < 4.78 is 31.9. The number of carbonyl (C=O) groups is 1. The number of benzene rings is 3. The molecule has 0 aromatic heterocycles. The molecule has 2 N–H and O–H groups in total. The van der Waals surface area contributed by atoms with E-state index >= 15 is 0 Å². The van der Waals surface area contributed by atoms with E-state index in [1.165, 1.54) is 22.5 Å². The van der Waals surface area contributed by atoms with Gasteiger partial charge in [-0.1, -0.05) is 60.7 Å². The van der Waals surface area contributed by atoms with Gasteiger partial charge in [-0.3, -0.25) is 9.10 Å². The van der Waals surface area contributed by atoms with Gasteiger partial charge in [-0.25, -0.2) is 8.42 Å². The Bertz CT molecular complexity index is 1360. The molecule has 4 atom stereocenters. The summed E-state index contributed by atoms with van der Waals surface area (Å²) in [5.41, 5.74) is 3.30. The number of rotatable bonds is 10. The van der Waals surface area contributed by atoms with Crippen LogP contribution in [0.25, 0.3) is 0 Å². The zero-order valence-electron chi connectivity index (χ0n) is 21.8. The highest BCUT2D eigenvalue weighted by Crippen LogP contribution is 2.47. The van der Waals surface area contributed by atoms with Gasteiger partial charge in [0.1, 0.15) is 5.75 Å². The Kier molecular flexibility index (Phi) is 7.72. The van der Waals surface area contributed by atoms with Crippen molar-refractivity contribution in [3.63, 3.8) is 0 Å². The van der Waals surface area contributed by atoms with E-state index in [1.54, 1.807) is 18.2 Å². The molecule has 1 saturated heterocycles. The fourth-order valence-corrected chi connectivity index (χ4v) is 5.68. The van der Waals surface area contributed by atoms with Crippen LogP contribution in [0, 0.1) is 5.92 Å². The van der Waals surface area contributed by atoms with Crippen molar-refractivity contribution in [2.75, 3.05) is 30.8 Å². The highest BCUT2D eigenvalue weighted by atomic mass is 32.2. The number of nitrogens with zero attached hydrogens (tertiary/aromatic N) is 1. The predicted octanol–water partition coefficient (Wildman–Crippen LogP) is 3.97. The first-order chi connectivity index (χ1) is 18.3. The van der Waals surface area contributed by atoms with E-state index in [2.05, 4.69) is 34.9 Å². The molecule has 0 spiro atoms. The van der Waals surface area contributed by atoms with Gasteiger partial charge in [0.2, 0.25) is 10.0 Å². The van der Waals surface area contributed by atoms with Gasteiger partial charge in [0.15, 0.2) is 0 Å². The van der Waals surface area contributed by atoms with Crippen LogP contribution in [-0.4, -0.2) is 52.9 Å². The third-order valence-electron chi connectivity index (χ3n) is 7.59. The molecule has 2 aliphatic rings. The van der Waals surface area contributed by atoms with Gasteiger partial charge in [0.25, 0.3) is 5.91 Å². The zero-order chi connectivity index (χ0) is 26.7. The first-order valence-corrected chi connectivity index (χ1v) is 15.0. The number of amides is 1. The molecule has 5 rings (SSSR count).